The summed E-state index contributed by atoms with van der Waals surface area (Å²) in [6.45, 7) is 6.73. The average molecular weight is 618 g/mol. The van der Waals surface area contributed by atoms with Crippen molar-refractivity contribution in [3.05, 3.63) is 89.0 Å². The summed E-state index contributed by atoms with van der Waals surface area (Å²) in [5, 5.41) is 2.28. The van der Waals surface area contributed by atoms with Gasteiger partial charge in [-0.2, -0.15) is 13.2 Å². The Morgan fingerprint density at radius 2 is 1.43 bits per heavy atom. The SMILES string of the molecule is COc1c(C[C@@H](NC(=O)[C@](OC)(c2ccccc2)C(F)(F)F)C(=O)OC(C)(C)C)cc(OCc2ccccc2)c(OC)c1C. The number of esters is 1. The molecule has 44 heavy (non-hydrogen) atoms. The molecule has 0 heterocycles. The van der Waals surface area contributed by atoms with Crippen LogP contribution in [0.5, 0.6) is 17.2 Å². The predicted molar refractivity (Wildman–Crippen MR) is 158 cm³/mol. The number of halogens is 3. The lowest BCUT2D eigenvalue weighted by atomic mass is 9.90. The van der Waals surface area contributed by atoms with Crippen molar-refractivity contribution in [1.29, 1.82) is 0 Å². The van der Waals surface area contributed by atoms with Crippen LogP contribution in [0.2, 0.25) is 0 Å². The molecular formula is C33H38F3NO7. The van der Waals surface area contributed by atoms with Gasteiger partial charge in [-0.25, -0.2) is 4.79 Å². The van der Waals surface area contributed by atoms with Crippen molar-refractivity contribution in [2.45, 2.75) is 64.1 Å². The smallest absolute Gasteiger partial charge is 0.430 e. The fourth-order valence-corrected chi connectivity index (χ4v) is 4.82. The first-order valence-electron chi connectivity index (χ1n) is 13.8. The molecule has 0 saturated heterocycles. The van der Waals surface area contributed by atoms with Gasteiger partial charge in [-0.1, -0.05) is 60.7 Å². The second-order valence-electron chi connectivity index (χ2n) is 11.0. The lowest BCUT2D eigenvalue weighted by Gasteiger charge is -2.35. The second kappa shape index (κ2) is 14.0. The molecule has 0 fully saturated rings. The van der Waals surface area contributed by atoms with Crippen LogP contribution in [-0.4, -0.2) is 51.0 Å². The first-order chi connectivity index (χ1) is 20.7. The van der Waals surface area contributed by atoms with Gasteiger partial charge >= 0.3 is 12.1 Å². The van der Waals surface area contributed by atoms with Gasteiger partial charge in [0.1, 0.15) is 24.0 Å². The van der Waals surface area contributed by atoms with Gasteiger partial charge in [-0.15, -0.1) is 0 Å². The molecule has 1 amide bonds. The molecule has 3 aromatic carbocycles. The van der Waals surface area contributed by atoms with E-state index in [1.165, 1.54) is 32.4 Å². The second-order valence-corrected chi connectivity index (χ2v) is 11.0. The molecule has 0 aromatic heterocycles. The van der Waals surface area contributed by atoms with Crippen molar-refractivity contribution in [3.8, 4) is 17.2 Å². The summed E-state index contributed by atoms with van der Waals surface area (Å²) in [6.07, 6.45) is -5.48. The molecule has 0 aliphatic carbocycles. The van der Waals surface area contributed by atoms with Crippen LogP contribution in [0.1, 0.15) is 43.0 Å². The van der Waals surface area contributed by atoms with Gasteiger partial charge in [0.15, 0.2) is 11.5 Å². The summed E-state index contributed by atoms with van der Waals surface area (Å²) < 4.78 is 71.6. The fourth-order valence-electron chi connectivity index (χ4n) is 4.82. The molecule has 0 aliphatic heterocycles. The van der Waals surface area contributed by atoms with Gasteiger partial charge in [0.25, 0.3) is 11.5 Å². The van der Waals surface area contributed by atoms with Crippen LogP contribution in [0.4, 0.5) is 13.2 Å². The molecule has 3 aromatic rings. The molecule has 0 spiro atoms. The Morgan fingerprint density at radius 1 is 0.864 bits per heavy atom. The third kappa shape index (κ3) is 7.63. The zero-order valence-corrected chi connectivity index (χ0v) is 25.8. The van der Waals surface area contributed by atoms with Gasteiger partial charge in [-0.05, 0) is 39.3 Å². The Kier molecular flexibility index (Phi) is 10.9. The van der Waals surface area contributed by atoms with Crippen LogP contribution in [0.15, 0.2) is 66.7 Å². The van der Waals surface area contributed by atoms with Crippen molar-refractivity contribution in [1.82, 2.24) is 5.32 Å². The van der Waals surface area contributed by atoms with Crippen LogP contribution in [0, 0.1) is 6.92 Å². The molecule has 0 saturated carbocycles. The topological polar surface area (TPSA) is 92.3 Å². The minimum Gasteiger partial charge on any atom is -0.496 e. The highest BCUT2D eigenvalue weighted by molar-refractivity contribution is 5.91. The standard InChI is InChI=1S/C33H38F3NO7/c1-21-27(40-5)23(19-26(28(21)41-6)43-20-22-14-10-8-11-15-22)18-25(29(38)44-31(2,3)4)37-30(39)32(42-7,33(34,35)36)24-16-12-9-13-17-24/h8-17,19,25H,18,20H2,1-7H3,(H,37,39)/t25-,32-/m1/s1. The van der Waals surface area contributed by atoms with E-state index in [9.17, 15) is 22.8 Å². The zero-order valence-electron chi connectivity index (χ0n) is 25.8. The molecule has 2 atom stereocenters. The third-order valence-corrected chi connectivity index (χ3v) is 6.77. The molecule has 11 heteroatoms. The predicted octanol–water partition coefficient (Wildman–Crippen LogP) is 6.06. The molecule has 0 radical (unpaired) electrons. The summed E-state index contributed by atoms with van der Waals surface area (Å²) in [5.74, 6) is -1.55. The number of hydrogen-bond acceptors (Lipinski definition) is 7. The third-order valence-electron chi connectivity index (χ3n) is 6.77. The van der Waals surface area contributed by atoms with Crippen molar-refractivity contribution in [2.75, 3.05) is 21.3 Å². The summed E-state index contributed by atoms with van der Waals surface area (Å²) in [6, 6.07) is 15.8. The number of hydrogen-bond donors (Lipinski definition) is 1. The van der Waals surface area contributed by atoms with Gasteiger partial charge in [0.2, 0.25) is 0 Å². The average Bonchev–Trinajstić information content (AvgIpc) is 2.96. The summed E-state index contributed by atoms with van der Waals surface area (Å²) in [7, 11) is 3.66. The molecule has 3 rings (SSSR count). The van der Waals surface area contributed by atoms with Crippen LogP contribution in [-0.2, 0) is 37.7 Å². The Balaban J connectivity index is 2.09. The normalized spacial score (nSPS) is 13.8. The summed E-state index contributed by atoms with van der Waals surface area (Å²) in [5.41, 5.74) is -3.10. The largest absolute Gasteiger partial charge is 0.496 e. The van der Waals surface area contributed by atoms with E-state index in [0.29, 0.717) is 28.4 Å². The van der Waals surface area contributed by atoms with Crippen LogP contribution >= 0.6 is 0 Å². The summed E-state index contributed by atoms with van der Waals surface area (Å²) in [4.78, 5) is 27.1. The van der Waals surface area contributed by atoms with Gasteiger partial charge in [0.05, 0.1) is 14.2 Å². The number of nitrogens with one attached hydrogen (secondary N) is 1. The van der Waals surface area contributed by atoms with Crippen molar-refractivity contribution >= 4 is 11.9 Å². The highest BCUT2D eigenvalue weighted by atomic mass is 19.4. The van der Waals surface area contributed by atoms with Crippen LogP contribution < -0.4 is 19.5 Å². The van der Waals surface area contributed by atoms with E-state index in [0.717, 1.165) is 24.8 Å². The number of methoxy groups -OCH3 is 3. The number of ether oxygens (including phenoxy) is 5. The minimum atomic E-state index is -5.18. The van der Waals surface area contributed by atoms with E-state index in [2.05, 4.69) is 5.32 Å². The van der Waals surface area contributed by atoms with Crippen molar-refractivity contribution < 1.29 is 46.4 Å². The van der Waals surface area contributed by atoms with E-state index in [1.54, 1.807) is 33.8 Å². The van der Waals surface area contributed by atoms with E-state index in [-0.39, 0.29) is 13.0 Å². The Labute approximate surface area is 255 Å². The fraction of sp³-hybridized carbons (Fsp3) is 0.394. The Morgan fingerprint density at radius 3 is 1.93 bits per heavy atom. The van der Waals surface area contributed by atoms with Crippen molar-refractivity contribution in [3.63, 3.8) is 0 Å². The molecule has 0 bridgehead atoms. The van der Waals surface area contributed by atoms with E-state index in [4.69, 9.17) is 23.7 Å². The quantitative estimate of drug-likeness (QED) is 0.247. The van der Waals surface area contributed by atoms with Gasteiger partial charge in [0, 0.05) is 30.2 Å². The zero-order chi connectivity index (χ0) is 32.7. The van der Waals surface area contributed by atoms with E-state index < -0.39 is 40.9 Å². The number of rotatable bonds is 12. The first-order valence-corrected chi connectivity index (χ1v) is 13.8. The first kappa shape index (κ1) is 34.2. The van der Waals surface area contributed by atoms with Crippen LogP contribution in [0.3, 0.4) is 0 Å². The van der Waals surface area contributed by atoms with Crippen molar-refractivity contribution in [2.24, 2.45) is 0 Å². The lowest BCUT2D eigenvalue weighted by Crippen LogP contribution is -2.59. The minimum absolute atomic E-state index is 0.188. The maximum absolute atomic E-state index is 14.6. The molecule has 0 aliphatic rings. The van der Waals surface area contributed by atoms with Gasteiger partial charge < -0.3 is 29.0 Å². The van der Waals surface area contributed by atoms with E-state index in [1.807, 2.05) is 30.3 Å². The lowest BCUT2D eigenvalue weighted by molar-refractivity contribution is -0.266. The number of benzene rings is 3. The summed E-state index contributed by atoms with van der Waals surface area (Å²) >= 11 is 0. The highest BCUT2D eigenvalue weighted by Crippen LogP contribution is 2.43. The number of carbonyl (C=O) groups is 2. The molecule has 1 N–H and O–H groups in total. The Bertz CT molecular complexity index is 1420. The highest BCUT2D eigenvalue weighted by Gasteiger charge is 2.63. The van der Waals surface area contributed by atoms with Crippen LogP contribution in [0.25, 0.3) is 0 Å². The molecule has 8 nitrogen and oxygen atoms in total. The number of alkyl halides is 3. The number of carbonyl (C=O) groups excluding carboxylic acids is 2. The number of amides is 1. The van der Waals surface area contributed by atoms with Gasteiger partial charge in [-0.3, -0.25) is 4.79 Å². The molecule has 0 unspecified atom stereocenters. The maximum Gasteiger partial charge on any atom is 0.430 e. The molecular weight excluding hydrogens is 579 g/mol. The molecule has 238 valence electrons. The monoisotopic (exact) mass is 617 g/mol. The van der Waals surface area contributed by atoms with E-state index >= 15 is 0 Å². The Hall–Kier alpha value is -4.25. The maximum atomic E-state index is 14.6.